The molecule has 1 aromatic carbocycles. The predicted molar refractivity (Wildman–Crippen MR) is 68.2 cm³/mol. The summed E-state index contributed by atoms with van der Waals surface area (Å²) in [5.74, 6) is 0.748. The highest BCUT2D eigenvalue weighted by molar-refractivity contribution is 5.61. The summed E-state index contributed by atoms with van der Waals surface area (Å²) in [6, 6.07) is 11.8. The highest BCUT2D eigenvalue weighted by Crippen LogP contribution is 2.20. The summed E-state index contributed by atoms with van der Waals surface area (Å²) >= 11 is 0. The van der Waals surface area contributed by atoms with Crippen molar-refractivity contribution in [1.29, 1.82) is 5.26 Å². The topological polar surface area (TPSA) is 48.7 Å². The lowest BCUT2D eigenvalue weighted by molar-refractivity contribution is 1.27. The fraction of sp³-hybridized carbons (Fsp3) is 0.143. The van der Waals surface area contributed by atoms with Crippen LogP contribution in [0.15, 0.2) is 36.5 Å². The van der Waals surface area contributed by atoms with Gasteiger partial charge in [-0.25, -0.2) is 4.98 Å². The minimum Gasteiger partial charge on any atom is -0.340 e. The van der Waals surface area contributed by atoms with Gasteiger partial charge in [0.2, 0.25) is 0 Å². The average molecular weight is 223 g/mol. The van der Waals surface area contributed by atoms with Gasteiger partial charge in [-0.2, -0.15) is 5.26 Å². The first-order valence-corrected chi connectivity index (χ1v) is 5.39. The van der Waals surface area contributed by atoms with Gasteiger partial charge in [0.05, 0.1) is 5.56 Å². The number of nitriles is 1. The Balaban J connectivity index is 2.25. The maximum absolute atomic E-state index is 8.69. The Morgan fingerprint density at radius 1 is 1.18 bits per heavy atom. The lowest BCUT2D eigenvalue weighted by Gasteiger charge is -2.09. The Morgan fingerprint density at radius 3 is 2.65 bits per heavy atom. The van der Waals surface area contributed by atoms with E-state index in [1.165, 1.54) is 11.1 Å². The second-order valence-corrected chi connectivity index (χ2v) is 3.99. The molecule has 17 heavy (non-hydrogen) atoms. The van der Waals surface area contributed by atoms with Gasteiger partial charge in [-0.05, 0) is 43.2 Å². The van der Waals surface area contributed by atoms with Crippen LogP contribution in [0.2, 0.25) is 0 Å². The molecule has 0 saturated heterocycles. The lowest BCUT2D eigenvalue weighted by Crippen LogP contribution is -1.96. The Hall–Kier alpha value is -2.34. The zero-order chi connectivity index (χ0) is 12.3. The van der Waals surface area contributed by atoms with Gasteiger partial charge in [0.1, 0.15) is 11.9 Å². The number of rotatable bonds is 2. The largest absolute Gasteiger partial charge is 0.340 e. The molecule has 1 heterocycles. The summed E-state index contributed by atoms with van der Waals surface area (Å²) in [6.07, 6.45) is 1.56. The van der Waals surface area contributed by atoms with Crippen LogP contribution in [-0.2, 0) is 0 Å². The van der Waals surface area contributed by atoms with E-state index < -0.39 is 0 Å². The first kappa shape index (κ1) is 11.2. The fourth-order valence-corrected chi connectivity index (χ4v) is 1.54. The summed E-state index contributed by atoms with van der Waals surface area (Å²) in [5.41, 5.74) is 3.98. The molecule has 0 aliphatic carbocycles. The maximum Gasteiger partial charge on any atom is 0.130 e. The Labute approximate surface area is 101 Å². The lowest BCUT2D eigenvalue weighted by atomic mass is 10.1. The van der Waals surface area contributed by atoms with Gasteiger partial charge in [-0.1, -0.05) is 12.1 Å². The van der Waals surface area contributed by atoms with E-state index in [0.29, 0.717) is 5.56 Å². The third-order valence-electron chi connectivity index (χ3n) is 2.55. The number of nitrogens with one attached hydrogen (secondary N) is 1. The molecule has 0 amide bonds. The molecule has 0 unspecified atom stereocenters. The van der Waals surface area contributed by atoms with Gasteiger partial charge in [0.25, 0.3) is 0 Å². The van der Waals surface area contributed by atoms with Gasteiger partial charge >= 0.3 is 0 Å². The molecule has 0 saturated carbocycles. The van der Waals surface area contributed by atoms with E-state index in [2.05, 4.69) is 35.4 Å². The molecule has 0 radical (unpaired) electrons. The van der Waals surface area contributed by atoms with Gasteiger partial charge in [0.15, 0.2) is 0 Å². The molecule has 0 spiro atoms. The third-order valence-corrected chi connectivity index (χ3v) is 2.55. The smallest absolute Gasteiger partial charge is 0.130 e. The van der Waals surface area contributed by atoms with Crippen LogP contribution >= 0.6 is 0 Å². The zero-order valence-electron chi connectivity index (χ0n) is 9.86. The second-order valence-electron chi connectivity index (χ2n) is 3.99. The van der Waals surface area contributed by atoms with Gasteiger partial charge in [0, 0.05) is 11.9 Å². The van der Waals surface area contributed by atoms with Crippen LogP contribution in [-0.4, -0.2) is 4.98 Å². The molecule has 3 nitrogen and oxygen atoms in total. The van der Waals surface area contributed by atoms with Crippen molar-refractivity contribution in [3.63, 3.8) is 0 Å². The van der Waals surface area contributed by atoms with Crippen molar-refractivity contribution >= 4 is 11.5 Å². The van der Waals surface area contributed by atoms with E-state index >= 15 is 0 Å². The second kappa shape index (κ2) is 4.67. The fourth-order valence-electron chi connectivity index (χ4n) is 1.54. The molecule has 0 bridgehead atoms. The average Bonchev–Trinajstić information content (AvgIpc) is 2.35. The molecule has 84 valence electrons. The molecule has 1 N–H and O–H groups in total. The van der Waals surface area contributed by atoms with E-state index in [1.54, 1.807) is 18.3 Å². The van der Waals surface area contributed by atoms with Gasteiger partial charge < -0.3 is 5.32 Å². The van der Waals surface area contributed by atoms with E-state index in [9.17, 15) is 0 Å². The van der Waals surface area contributed by atoms with E-state index in [4.69, 9.17) is 5.26 Å². The molecule has 0 aliphatic heterocycles. The highest BCUT2D eigenvalue weighted by Gasteiger charge is 2.00. The number of aromatic nitrogens is 1. The first-order valence-electron chi connectivity index (χ1n) is 5.39. The number of hydrogen-bond donors (Lipinski definition) is 1. The molecule has 0 atom stereocenters. The van der Waals surface area contributed by atoms with Crippen molar-refractivity contribution in [2.75, 3.05) is 5.32 Å². The van der Waals surface area contributed by atoms with Crippen molar-refractivity contribution in [1.82, 2.24) is 4.98 Å². The van der Waals surface area contributed by atoms with Crippen LogP contribution in [0, 0.1) is 25.2 Å². The van der Waals surface area contributed by atoms with Crippen LogP contribution in [0.1, 0.15) is 16.7 Å². The zero-order valence-corrected chi connectivity index (χ0v) is 9.86. The number of benzene rings is 1. The van der Waals surface area contributed by atoms with Gasteiger partial charge in [-0.15, -0.1) is 0 Å². The molecule has 1 aromatic heterocycles. The van der Waals surface area contributed by atoms with Crippen LogP contribution in [0.3, 0.4) is 0 Å². The predicted octanol–water partition coefficient (Wildman–Crippen LogP) is 3.31. The van der Waals surface area contributed by atoms with Crippen LogP contribution < -0.4 is 5.32 Å². The molecule has 0 fully saturated rings. The van der Waals surface area contributed by atoms with Crippen molar-refractivity contribution in [3.05, 3.63) is 53.2 Å². The summed E-state index contributed by atoms with van der Waals surface area (Å²) in [5, 5.41) is 11.9. The quantitative estimate of drug-likeness (QED) is 0.849. The van der Waals surface area contributed by atoms with Crippen molar-refractivity contribution in [2.45, 2.75) is 13.8 Å². The standard InChI is InChI=1S/C14H13N3/c1-10-3-4-11(2)13(7-10)17-14-6-5-12(8-15)9-16-14/h3-7,9H,1-2H3,(H,16,17). The van der Waals surface area contributed by atoms with E-state index in [-0.39, 0.29) is 0 Å². The molecule has 3 heteroatoms. The first-order chi connectivity index (χ1) is 8.19. The Morgan fingerprint density at radius 2 is 2.00 bits per heavy atom. The summed E-state index contributed by atoms with van der Waals surface area (Å²) < 4.78 is 0. The van der Waals surface area contributed by atoms with E-state index in [1.807, 2.05) is 13.0 Å². The summed E-state index contributed by atoms with van der Waals surface area (Å²) in [4.78, 5) is 4.18. The number of aryl methyl sites for hydroxylation is 2. The molecule has 0 aliphatic rings. The number of nitrogens with zero attached hydrogens (tertiary/aromatic N) is 2. The number of pyridine rings is 1. The van der Waals surface area contributed by atoms with Crippen molar-refractivity contribution in [3.8, 4) is 6.07 Å². The minimum absolute atomic E-state index is 0.566. The normalized spacial score (nSPS) is 9.71. The summed E-state index contributed by atoms with van der Waals surface area (Å²) in [6.45, 7) is 4.10. The van der Waals surface area contributed by atoms with Crippen molar-refractivity contribution < 1.29 is 0 Å². The molecular formula is C14H13N3. The van der Waals surface area contributed by atoms with Crippen LogP contribution in [0.5, 0.6) is 0 Å². The monoisotopic (exact) mass is 223 g/mol. The SMILES string of the molecule is Cc1ccc(C)c(Nc2ccc(C#N)cn2)c1. The Bertz CT molecular complexity index is 565. The van der Waals surface area contributed by atoms with Crippen LogP contribution in [0.25, 0.3) is 0 Å². The number of anilines is 2. The third kappa shape index (κ3) is 2.61. The van der Waals surface area contributed by atoms with Crippen molar-refractivity contribution in [2.24, 2.45) is 0 Å². The summed E-state index contributed by atoms with van der Waals surface area (Å²) in [7, 11) is 0. The van der Waals surface area contributed by atoms with Crippen LogP contribution in [0.4, 0.5) is 11.5 Å². The minimum atomic E-state index is 0.566. The van der Waals surface area contributed by atoms with E-state index in [0.717, 1.165) is 11.5 Å². The molecule has 2 rings (SSSR count). The maximum atomic E-state index is 8.69. The van der Waals surface area contributed by atoms with Gasteiger partial charge in [-0.3, -0.25) is 0 Å². The number of hydrogen-bond acceptors (Lipinski definition) is 3. The highest BCUT2D eigenvalue weighted by atomic mass is 15.0. The molecule has 2 aromatic rings. The Kier molecular flexibility index (Phi) is 3.06. The molecular weight excluding hydrogens is 210 g/mol.